The monoisotopic (exact) mass is 346 g/mol. The molecule has 0 aliphatic rings. The minimum atomic E-state index is -5.14. The lowest BCUT2D eigenvalue weighted by Gasteiger charge is -2.07. The normalized spacial score (nSPS) is 12.8. The van der Waals surface area contributed by atoms with Crippen LogP contribution in [0.4, 0.5) is 16.8 Å². The molecular weight excluding hydrogens is 330 g/mol. The van der Waals surface area contributed by atoms with Gasteiger partial charge in [-0.15, -0.1) is 0 Å². The van der Waals surface area contributed by atoms with Crippen molar-refractivity contribution >= 4 is 15.5 Å². The molecule has 20 heavy (non-hydrogen) atoms. The molecular formula is C8H16F4O6P2. The van der Waals surface area contributed by atoms with E-state index in [1.54, 1.807) is 0 Å². The second kappa shape index (κ2) is 10.7. The van der Waals surface area contributed by atoms with Gasteiger partial charge >= 0.3 is 15.5 Å². The predicted molar refractivity (Wildman–Crippen MR) is 62.9 cm³/mol. The summed E-state index contributed by atoms with van der Waals surface area (Å²) in [4.78, 5) is 0. The van der Waals surface area contributed by atoms with Gasteiger partial charge in [0.05, 0.1) is 39.6 Å². The second-order valence-electron chi connectivity index (χ2n) is 3.44. The van der Waals surface area contributed by atoms with E-state index in [-0.39, 0.29) is 39.6 Å². The Kier molecular flexibility index (Phi) is 10.7. The Morgan fingerprint density at radius 1 is 0.550 bits per heavy atom. The Bertz CT molecular complexity index is 301. The first-order valence-electron chi connectivity index (χ1n) is 5.48. The molecule has 0 aliphatic heterocycles. The van der Waals surface area contributed by atoms with Crippen LogP contribution in [0, 0.1) is 0 Å². The van der Waals surface area contributed by atoms with Crippen LogP contribution < -0.4 is 0 Å². The first-order valence-corrected chi connectivity index (χ1v) is 8.83. The average Bonchev–Trinajstić information content (AvgIpc) is 2.27. The zero-order chi connectivity index (χ0) is 15.5. The van der Waals surface area contributed by atoms with Gasteiger partial charge in [0, 0.05) is 0 Å². The van der Waals surface area contributed by atoms with Crippen molar-refractivity contribution in [2.75, 3.05) is 52.3 Å². The zero-order valence-corrected chi connectivity index (χ0v) is 12.3. The SMILES string of the molecule is O=P(F)(F)COCCOCCOCCOCP(=O)(F)F. The molecule has 0 atom stereocenters. The standard InChI is InChI=1S/C8H16F4O6P2/c9-19(10,13)7-17-5-3-15-1-2-16-4-6-18-8-20(11,12)14/h1-8H2. The molecule has 0 aromatic heterocycles. The quantitative estimate of drug-likeness (QED) is 0.290. The van der Waals surface area contributed by atoms with Crippen LogP contribution in [0.25, 0.3) is 0 Å². The van der Waals surface area contributed by atoms with Gasteiger partial charge in [0.2, 0.25) is 0 Å². The molecule has 0 N–H and O–H groups in total. The van der Waals surface area contributed by atoms with Gasteiger partial charge in [-0.05, 0) is 0 Å². The maximum absolute atomic E-state index is 11.9. The number of hydrogen-bond donors (Lipinski definition) is 0. The van der Waals surface area contributed by atoms with Crippen LogP contribution in [-0.4, -0.2) is 52.3 Å². The van der Waals surface area contributed by atoms with Crippen molar-refractivity contribution < 1.29 is 44.9 Å². The van der Waals surface area contributed by atoms with Gasteiger partial charge in [-0.25, -0.2) is 9.13 Å². The lowest BCUT2D eigenvalue weighted by molar-refractivity contribution is 0.00575. The number of ether oxygens (including phenoxy) is 4. The minimum absolute atomic E-state index is 0.0345. The number of hydrogen-bond acceptors (Lipinski definition) is 6. The highest BCUT2D eigenvalue weighted by Crippen LogP contribution is 2.49. The predicted octanol–water partition coefficient (Wildman–Crippen LogP) is 3.23. The van der Waals surface area contributed by atoms with E-state index in [0.717, 1.165) is 0 Å². The Hall–Kier alpha value is 0.0200. The molecule has 0 spiro atoms. The van der Waals surface area contributed by atoms with Gasteiger partial charge in [0.15, 0.2) is 12.7 Å². The summed E-state index contributed by atoms with van der Waals surface area (Å²) in [5.41, 5.74) is 0. The lowest BCUT2D eigenvalue weighted by atomic mass is 10.7. The third-order valence-electron chi connectivity index (χ3n) is 1.60. The van der Waals surface area contributed by atoms with E-state index in [1.165, 1.54) is 0 Å². The second-order valence-corrected chi connectivity index (χ2v) is 6.24. The van der Waals surface area contributed by atoms with Crippen molar-refractivity contribution in [2.24, 2.45) is 0 Å². The van der Waals surface area contributed by atoms with E-state index in [4.69, 9.17) is 9.47 Å². The van der Waals surface area contributed by atoms with Gasteiger partial charge < -0.3 is 18.9 Å². The summed E-state index contributed by atoms with van der Waals surface area (Å²) in [5, 5.41) is 0. The molecule has 0 fully saturated rings. The molecule has 12 heteroatoms. The fraction of sp³-hybridized carbons (Fsp3) is 1.00. The third kappa shape index (κ3) is 18.0. The van der Waals surface area contributed by atoms with Crippen LogP contribution in [0.2, 0.25) is 0 Å². The van der Waals surface area contributed by atoms with Crippen LogP contribution in [0.1, 0.15) is 0 Å². The first kappa shape index (κ1) is 20.0. The van der Waals surface area contributed by atoms with E-state index in [2.05, 4.69) is 9.47 Å². The van der Waals surface area contributed by atoms with E-state index in [0.29, 0.717) is 0 Å². The van der Waals surface area contributed by atoms with E-state index in [9.17, 15) is 25.9 Å². The highest BCUT2D eigenvalue weighted by Gasteiger charge is 2.18. The molecule has 0 aromatic carbocycles. The molecule has 0 saturated heterocycles. The Labute approximate surface area is 113 Å². The van der Waals surface area contributed by atoms with Gasteiger partial charge in [0.1, 0.15) is 0 Å². The summed E-state index contributed by atoms with van der Waals surface area (Å²) in [6.45, 7) is 0.125. The van der Waals surface area contributed by atoms with Gasteiger partial charge in [-0.1, -0.05) is 0 Å². The molecule has 0 unspecified atom stereocenters. The summed E-state index contributed by atoms with van der Waals surface area (Å²) in [7, 11) is -10.3. The van der Waals surface area contributed by atoms with Crippen molar-refractivity contribution in [3.8, 4) is 0 Å². The highest BCUT2D eigenvalue weighted by atomic mass is 31.2. The van der Waals surface area contributed by atoms with E-state index < -0.39 is 28.2 Å². The van der Waals surface area contributed by atoms with E-state index in [1.807, 2.05) is 0 Å². The summed E-state index contributed by atoms with van der Waals surface area (Å²) in [6, 6.07) is 0. The van der Waals surface area contributed by atoms with Gasteiger partial charge in [-0.2, -0.15) is 16.8 Å². The molecule has 0 bridgehead atoms. The van der Waals surface area contributed by atoms with Crippen molar-refractivity contribution in [3.05, 3.63) is 0 Å². The van der Waals surface area contributed by atoms with Crippen LogP contribution in [0.3, 0.4) is 0 Å². The van der Waals surface area contributed by atoms with Crippen LogP contribution >= 0.6 is 15.5 Å². The maximum atomic E-state index is 11.9. The van der Waals surface area contributed by atoms with Crippen molar-refractivity contribution in [3.63, 3.8) is 0 Å². The summed E-state index contributed by atoms with van der Waals surface area (Å²) >= 11 is 0. The first-order chi connectivity index (χ1) is 9.21. The molecule has 122 valence electrons. The Morgan fingerprint density at radius 3 is 1.05 bits per heavy atom. The van der Waals surface area contributed by atoms with Crippen molar-refractivity contribution in [1.29, 1.82) is 0 Å². The van der Waals surface area contributed by atoms with Crippen LogP contribution in [-0.2, 0) is 28.1 Å². The minimum Gasteiger partial charge on any atom is -0.377 e. The summed E-state index contributed by atoms with van der Waals surface area (Å²) in [6.07, 6.45) is -2.20. The average molecular weight is 346 g/mol. The van der Waals surface area contributed by atoms with Crippen molar-refractivity contribution in [1.82, 2.24) is 0 Å². The summed E-state index contributed by atoms with van der Waals surface area (Å²) in [5.74, 6) is 0. The number of rotatable bonds is 13. The maximum Gasteiger partial charge on any atom is 0.427 e. The molecule has 0 saturated carbocycles. The highest BCUT2D eigenvalue weighted by molar-refractivity contribution is 7.52. The molecule has 0 aromatic rings. The molecule has 0 heterocycles. The van der Waals surface area contributed by atoms with Crippen molar-refractivity contribution in [2.45, 2.75) is 0 Å². The topological polar surface area (TPSA) is 71.1 Å². The molecule has 6 nitrogen and oxygen atoms in total. The molecule has 0 amide bonds. The lowest BCUT2D eigenvalue weighted by Crippen LogP contribution is -2.11. The van der Waals surface area contributed by atoms with E-state index >= 15 is 0 Å². The molecule has 0 rings (SSSR count). The fourth-order valence-corrected chi connectivity index (χ4v) is 1.58. The summed E-state index contributed by atoms with van der Waals surface area (Å²) < 4.78 is 86.0. The third-order valence-corrected chi connectivity index (χ3v) is 2.57. The smallest absolute Gasteiger partial charge is 0.377 e. The zero-order valence-electron chi connectivity index (χ0n) is 10.5. The van der Waals surface area contributed by atoms with Crippen LogP contribution in [0.5, 0.6) is 0 Å². The number of halogens is 4. The molecule has 0 aliphatic carbocycles. The van der Waals surface area contributed by atoms with Gasteiger partial charge in [0.25, 0.3) is 0 Å². The Morgan fingerprint density at radius 2 is 0.800 bits per heavy atom. The molecule has 0 radical (unpaired) electrons. The largest absolute Gasteiger partial charge is 0.427 e. The fourth-order valence-electron chi connectivity index (χ4n) is 0.899. The Balaban J connectivity index is 3.14. The van der Waals surface area contributed by atoms with Crippen LogP contribution in [0.15, 0.2) is 0 Å². The van der Waals surface area contributed by atoms with Gasteiger partial charge in [-0.3, -0.25) is 0 Å².